The van der Waals surface area contributed by atoms with Crippen molar-refractivity contribution in [2.45, 2.75) is 25.5 Å². The molecule has 1 atom stereocenters. The molecule has 2 saturated heterocycles. The van der Waals surface area contributed by atoms with Gasteiger partial charge in [0.2, 0.25) is 0 Å². The Labute approximate surface area is 91.9 Å². The molecule has 0 aromatic carbocycles. The molecule has 0 spiro atoms. The predicted octanol–water partition coefficient (Wildman–Crippen LogP) is 0.0856. The van der Waals surface area contributed by atoms with Gasteiger partial charge in [-0.3, -0.25) is 4.90 Å². The maximum Gasteiger partial charge on any atom is 0.0826 e. The molecule has 0 aromatic rings. The molecule has 2 aliphatic heterocycles. The Morgan fingerprint density at radius 1 is 1.40 bits per heavy atom. The number of nitrogens with one attached hydrogen (secondary N) is 1. The third kappa shape index (κ3) is 2.91. The van der Waals surface area contributed by atoms with Crippen molar-refractivity contribution < 1.29 is 9.47 Å². The summed E-state index contributed by atoms with van der Waals surface area (Å²) in [5.74, 6) is 0. The summed E-state index contributed by atoms with van der Waals surface area (Å²) in [6, 6.07) is 0. The standard InChI is InChI=1S/C11H22N2O2/c1-11(2)9-14-6-4-13(11)8-10-7-12-3-5-15-10/h10,12H,3-9H2,1-2H3. The van der Waals surface area contributed by atoms with Gasteiger partial charge in [0, 0.05) is 31.7 Å². The lowest BCUT2D eigenvalue weighted by Gasteiger charge is -2.44. The zero-order valence-corrected chi connectivity index (χ0v) is 9.79. The molecule has 4 nitrogen and oxygen atoms in total. The van der Waals surface area contributed by atoms with Gasteiger partial charge in [-0.05, 0) is 13.8 Å². The average Bonchev–Trinajstić information content (AvgIpc) is 2.23. The molecular formula is C11H22N2O2. The third-order valence-corrected chi connectivity index (χ3v) is 3.25. The summed E-state index contributed by atoms with van der Waals surface area (Å²) in [4.78, 5) is 2.48. The van der Waals surface area contributed by atoms with Crippen molar-refractivity contribution >= 4 is 0 Å². The highest BCUT2D eigenvalue weighted by molar-refractivity contribution is 4.86. The molecule has 88 valence electrons. The van der Waals surface area contributed by atoms with Crippen LogP contribution in [0.15, 0.2) is 0 Å². The van der Waals surface area contributed by atoms with Crippen molar-refractivity contribution in [1.29, 1.82) is 0 Å². The first-order valence-electron chi connectivity index (χ1n) is 5.83. The third-order valence-electron chi connectivity index (χ3n) is 3.25. The van der Waals surface area contributed by atoms with Gasteiger partial charge >= 0.3 is 0 Å². The summed E-state index contributed by atoms with van der Waals surface area (Å²) in [6.07, 6.45) is 0.344. The lowest BCUT2D eigenvalue weighted by Crippen LogP contribution is -2.57. The van der Waals surface area contributed by atoms with Crippen molar-refractivity contribution in [2.24, 2.45) is 0 Å². The molecule has 0 saturated carbocycles. The monoisotopic (exact) mass is 214 g/mol. The molecule has 0 aromatic heterocycles. The lowest BCUT2D eigenvalue weighted by atomic mass is 10.0. The van der Waals surface area contributed by atoms with Gasteiger partial charge in [0.15, 0.2) is 0 Å². The first kappa shape index (κ1) is 11.3. The molecule has 2 heterocycles. The van der Waals surface area contributed by atoms with Crippen molar-refractivity contribution in [3.63, 3.8) is 0 Å². The average molecular weight is 214 g/mol. The van der Waals surface area contributed by atoms with Crippen LogP contribution >= 0.6 is 0 Å². The number of ether oxygens (including phenoxy) is 2. The van der Waals surface area contributed by atoms with Gasteiger partial charge in [-0.2, -0.15) is 0 Å². The van der Waals surface area contributed by atoms with Crippen molar-refractivity contribution in [1.82, 2.24) is 10.2 Å². The van der Waals surface area contributed by atoms with Crippen LogP contribution in [0.2, 0.25) is 0 Å². The van der Waals surface area contributed by atoms with Gasteiger partial charge in [-0.25, -0.2) is 0 Å². The predicted molar refractivity (Wildman–Crippen MR) is 59.1 cm³/mol. The van der Waals surface area contributed by atoms with E-state index in [2.05, 4.69) is 24.1 Å². The summed E-state index contributed by atoms with van der Waals surface area (Å²) in [6.45, 7) is 11.0. The Morgan fingerprint density at radius 2 is 2.27 bits per heavy atom. The molecule has 4 heteroatoms. The summed E-state index contributed by atoms with van der Waals surface area (Å²) in [7, 11) is 0. The topological polar surface area (TPSA) is 33.7 Å². The highest BCUT2D eigenvalue weighted by Crippen LogP contribution is 2.19. The minimum atomic E-state index is 0.152. The fourth-order valence-corrected chi connectivity index (χ4v) is 2.21. The second-order valence-electron chi connectivity index (χ2n) is 5.01. The first-order valence-corrected chi connectivity index (χ1v) is 5.83. The van der Waals surface area contributed by atoms with Crippen molar-refractivity contribution in [3.05, 3.63) is 0 Å². The van der Waals surface area contributed by atoms with Gasteiger partial charge in [0.05, 0.1) is 25.9 Å². The maximum absolute atomic E-state index is 5.73. The summed E-state index contributed by atoms with van der Waals surface area (Å²) in [5, 5.41) is 3.37. The zero-order chi connectivity index (χ0) is 10.7. The zero-order valence-electron chi connectivity index (χ0n) is 9.79. The van der Waals surface area contributed by atoms with Crippen LogP contribution in [0, 0.1) is 0 Å². The molecule has 15 heavy (non-hydrogen) atoms. The minimum Gasteiger partial charge on any atom is -0.378 e. The van der Waals surface area contributed by atoms with Crippen molar-refractivity contribution in [2.75, 3.05) is 46.0 Å². The van der Waals surface area contributed by atoms with Crippen LogP contribution < -0.4 is 5.32 Å². The fourth-order valence-electron chi connectivity index (χ4n) is 2.21. The van der Waals surface area contributed by atoms with Crippen LogP contribution in [-0.4, -0.2) is 62.5 Å². The Morgan fingerprint density at radius 3 is 2.93 bits per heavy atom. The normalized spacial score (nSPS) is 32.8. The number of morpholine rings is 2. The SMILES string of the molecule is CC1(C)COCCN1CC1CNCCO1. The molecule has 1 N–H and O–H groups in total. The van der Waals surface area contributed by atoms with E-state index in [1.165, 1.54) is 0 Å². The van der Waals surface area contributed by atoms with Gasteiger partial charge in [0.1, 0.15) is 0 Å². The van der Waals surface area contributed by atoms with Gasteiger partial charge < -0.3 is 14.8 Å². The van der Waals surface area contributed by atoms with Crippen LogP contribution in [0.25, 0.3) is 0 Å². The van der Waals surface area contributed by atoms with Crippen LogP contribution in [0.3, 0.4) is 0 Å². The molecular weight excluding hydrogens is 192 g/mol. The van der Waals surface area contributed by atoms with E-state index in [1.807, 2.05) is 0 Å². The fraction of sp³-hybridized carbons (Fsp3) is 1.00. The molecule has 2 rings (SSSR count). The molecule has 0 aliphatic carbocycles. The van der Waals surface area contributed by atoms with E-state index >= 15 is 0 Å². The van der Waals surface area contributed by atoms with E-state index in [4.69, 9.17) is 9.47 Å². The van der Waals surface area contributed by atoms with E-state index in [0.717, 1.165) is 46.0 Å². The number of rotatable bonds is 2. The largest absolute Gasteiger partial charge is 0.378 e. The van der Waals surface area contributed by atoms with Crippen molar-refractivity contribution in [3.8, 4) is 0 Å². The molecule has 1 unspecified atom stereocenters. The summed E-state index contributed by atoms with van der Waals surface area (Å²) >= 11 is 0. The number of hydrogen-bond donors (Lipinski definition) is 1. The second kappa shape index (κ2) is 4.78. The quantitative estimate of drug-likeness (QED) is 0.706. The van der Waals surface area contributed by atoms with Crippen LogP contribution in [0.5, 0.6) is 0 Å². The molecule has 0 bridgehead atoms. The highest BCUT2D eigenvalue weighted by Gasteiger charge is 2.32. The smallest absolute Gasteiger partial charge is 0.0826 e. The van der Waals surface area contributed by atoms with E-state index in [0.29, 0.717) is 6.10 Å². The Kier molecular flexibility index (Phi) is 3.61. The number of hydrogen-bond acceptors (Lipinski definition) is 4. The molecule has 2 fully saturated rings. The molecule has 0 amide bonds. The summed E-state index contributed by atoms with van der Waals surface area (Å²) in [5.41, 5.74) is 0.152. The van der Waals surface area contributed by atoms with Gasteiger partial charge in [-0.1, -0.05) is 0 Å². The van der Waals surface area contributed by atoms with Gasteiger partial charge in [0.25, 0.3) is 0 Å². The van der Waals surface area contributed by atoms with E-state index in [-0.39, 0.29) is 5.54 Å². The van der Waals surface area contributed by atoms with Crippen LogP contribution in [0.1, 0.15) is 13.8 Å². The maximum atomic E-state index is 5.73. The Hall–Kier alpha value is -0.160. The Balaban J connectivity index is 1.85. The van der Waals surface area contributed by atoms with Gasteiger partial charge in [-0.15, -0.1) is 0 Å². The van der Waals surface area contributed by atoms with Crippen LogP contribution in [-0.2, 0) is 9.47 Å². The lowest BCUT2D eigenvalue weighted by molar-refractivity contribution is -0.0808. The molecule has 2 aliphatic rings. The number of nitrogens with zero attached hydrogens (tertiary/aromatic N) is 1. The van der Waals surface area contributed by atoms with E-state index in [1.54, 1.807) is 0 Å². The minimum absolute atomic E-state index is 0.152. The second-order valence-corrected chi connectivity index (χ2v) is 5.01. The van der Waals surface area contributed by atoms with E-state index < -0.39 is 0 Å². The highest BCUT2D eigenvalue weighted by atomic mass is 16.5. The van der Waals surface area contributed by atoms with Crippen LogP contribution in [0.4, 0.5) is 0 Å². The summed E-state index contributed by atoms with van der Waals surface area (Å²) < 4.78 is 11.2. The Bertz CT molecular complexity index is 203. The van der Waals surface area contributed by atoms with E-state index in [9.17, 15) is 0 Å². The molecule has 0 radical (unpaired) electrons. The first-order chi connectivity index (χ1) is 7.18.